The van der Waals surface area contributed by atoms with Gasteiger partial charge in [-0.15, -0.1) is 0 Å². The maximum Gasteiger partial charge on any atom is 0.234 e. The molecular weight excluding hydrogens is 200 g/mol. The van der Waals surface area contributed by atoms with E-state index in [0.29, 0.717) is 24.5 Å². The molecule has 0 aromatic heterocycles. The Hall–Kier alpha value is -0.570. The molecule has 3 nitrogen and oxygen atoms in total. The minimum atomic E-state index is 0.174. The molecule has 0 aliphatic heterocycles. The summed E-state index contributed by atoms with van der Waals surface area (Å²) in [5.74, 6) is 1.74. The molecule has 2 aliphatic carbocycles. The highest BCUT2D eigenvalue weighted by molar-refractivity contribution is 5.78. The summed E-state index contributed by atoms with van der Waals surface area (Å²) in [6, 6.07) is 1.03. The van der Waals surface area contributed by atoms with Crippen molar-refractivity contribution in [1.82, 2.24) is 10.6 Å². The lowest BCUT2D eigenvalue weighted by molar-refractivity contribution is -0.120. The van der Waals surface area contributed by atoms with Crippen LogP contribution in [0.3, 0.4) is 0 Å². The van der Waals surface area contributed by atoms with Crippen molar-refractivity contribution >= 4 is 5.91 Å². The topological polar surface area (TPSA) is 41.1 Å². The fourth-order valence-corrected chi connectivity index (χ4v) is 2.70. The van der Waals surface area contributed by atoms with Gasteiger partial charge in [-0.25, -0.2) is 0 Å². The van der Waals surface area contributed by atoms with Gasteiger partial charge in [-0.3, -0.25) is 4.79 Å². The van der Waals surface area contributed by atoms with E-state index in [0.717, 1.165) is 5.92 Å². The molecule has 2 saturated carbocycles. The minimum Gasteiger partial charge on any atom is -0.352 e. The van der Waals surface area contributed by atoms with Crippen molar-refractivity contribution in [3.63, 3.8) is 0 Å². The van der Waals surface area contributed by atoms with Crippen LogP contribution in [-0.2, 0) is 4.79 Å². The highest BCUT2D eigenvalue weighted by Gasteiger charge is 2.26. The van der Waals surface area contributed by atoms with Crippen molar-refractivity contribution < 1.29 is 4.79 Å². The van der Waals surface area contributed by atoms with Gasteiger partial charge in [0.15, 0.2) is 0 Å². The lowest BCUT2D eigenvalue weighted by atomic mass is 9.80. The quantitative estimate of drug-likeness (QED) is 0.763. The Labute approximate surface area is 98.4 Å². The molecule has 3 heteroatoms. The van der Waals surface area contributed by atoms with E-state index in [1.165, 1.54) is 32.1 Å². The third-order valence-corrected chi connectivity index (χ3v) is 3.90. The van der Waals surface area contributed by atoms with Crippen LogP contribution in [0.25, 0.3) is 0 Å². The summed E-state index contributed by atoms with van der Waals surface area (Å²) in [5, 5.41) is 6.43. The monoisotopic (exact) mass is 224 g/mol. The third kappa shape index (κ3) is 3.48. The molecule has 16 heavy (non-hydrogen) atoms. The fraction of sp³-hybridized carbons (Fsp3) is 0.923. The van der Waals surface area contributed by atoms with Crippen LogP contribution in [0.4, 0.5) is 0 Å². The molecular formula is C13H24N2O. The second-order valence-corrected chi connectivity index (χ2v) is 5.72. The van der Waals surface area contributed by atoms with Crippen LogP contribution in [0.1, 0.15) is 46.0 Å². The standard InChI is InChI=1S/C13H24N2O/c1-9-3-6-12(10(2)7-9)14-8-13(16)15-11-4-5-11/h9-12,14H,3-8H2,1-2H3,(H,15,16). The Morgan fingerprint density at radius 3 is 2.56 bits per heavy atom. The van der Waals surface area contributed by atoms with Crippen LogP contribution in [0.2, 0.25) is 0 Å². The average molecular weight is 224 g/mol. The van der Waals surface area contributed by atoms with Crippen molar-refractivity contribution in [2.45, 2.75) is 58.0 Å². The molecule has 2 aliphatic rings. The largest absolute Gasteiger partial charge is 0.352 e. The number of carbonyl (C=O) groups is 1. The van der Waals surface area contributed by atoms with E-state index >= 15 is 0 Å². The number of amides is 1. The van der Waals surface area contributed by atoms with Crippen LogP contribution in [0, 0.1) is 11.8 Å². The fourth-order valence-electron chi connectivity index (χ4n) is 2.70. The summed E-state index contributed by atoms with van der Waals surface area (Å²) in [7, 11) is 0. The van der Waals surface area contributed by atoms with Crippen molar-refractivity contribution in [2.75, 3.05) is 6.54 Å². The number of hydrogen-bond donors (Lipinski definition) is 2. The van der Waals surface area contributed by atoms with E-state index in [4.69, 9.17) is 0 Å². The molecule has 0 aromatic carbocycles. The lowest BCUT2D eigenvalue weighted by Gasteiger charge is -2.33. The van der Waals surface area contributed by atoms with E-state index in [1.54, 1.807) is 0 Å². The first-order valence-corrected chi connectivity index (χ1v) is 6.68. The summed E-state index contributed by atoms with van der Waals surface area (Å²) in [6.07, 6.45) is 6.15. The lowest BCUT2D eigenvalue weighted by Crippen LogP contribution is -2.44. The van der Waals surface area contributed by atoms with Crippen LogP contribution < -0.4 is 10.6 Å². The smallest absolute Gasteiger partial charge is 0.234 e. The number of rotatable bonds is 4. The molecule has 2 fully saturated rings. The third-order valence-electron chi connectivity index (χ3n) is 3.90. The maximum atomic E-state index is 11.5. The minimum absolute atomic E-state index is 0.174. The summed E-state index contributed by atoms with van der Waals surface area (Å²) < 4.78 is 0. The predicted octanol–water partition coefficient (Wildman–Crippen LogP) is 1.68. The summed E-state index contributed by atoms with van der Waals surface area (Å²) in [4.78, 5) is 11.5. The van der Waals surface area contributed by atoms with Crippen molar-refractivity contribution in [1.29, 1.82) is 0 Å². The van der Waals surface area contributed by atoms with Crippen LogP contribution >= 0.6 is 0 Å². The Morgan fingerprint density at radius 1 is 1.19 bits per heavy atom. The summed E-state index contributed by atoms with van der Waals surface area (Å²) >= 11 is 0. The van der Waals surface area contributed by atoms with E-state index < -0.39 is 0 Å². The number of nitrogens with one attached hydrogen (secondary N) is 2. The van der Waals surface area contributed by atoms with Crippen LogP contribution in [0.15, 0.2) is 0 Å². The predicted molar refractivity (Wildman–Crippen MR) is 65.1 cm³/mol. The summed E-state index contributed by atoms with van der Waals surface area (Å²) in [6.45, 7) is 5.12. The first-order chi connectivity index (χ1) is 7.65. The van der Waals surface area contributed by atoms with Gasteiger partial charge in [-0.1, -0.05) is 13.8 Å². The molecule has 0 bridgehead atoms. The zero-order chi connectivity index (χ0) is 11.5. The molecule has 2 N–H and O–H groups in total. The average Bonchev–Trinajstić information content (AvgIpc) is 3.00. The maximum absolute atomic E-state index is 11.5. The molecule has 0 radical (unpaired) electrons. The molecule has 3 unspecified atom stereocenters. The van der Waals surface area contributed by atoms with Gasteiger partial charge in [0.2, 0.25) is 5.91 Å². The zero-order valence-corrected chi connectivity index (χ0v) is 10.5. The number of carbonyl (C=O) groups excluding carboxylic acids is 1. The van der Waals surface area contributed by atoms with E-state index in [1.807, 2.05) is 0 Å². The van der Waals surface area contributed by atoms with Gasteiger partial charge in [0.05, 0.1) is 6.54 Å². The molecule has 0 heterocycles. The molecule has 92 valence electrons. The van der Waals surface area contributed by atoms with Crippen LogP contribution in [-0.4, -0.2) is 24.5 Å². The van der Waals surface area contributed by atoms with Gasteiger partial charge >= 0.3 is 0 Å². The zero-order valence-electron chi connectivity index (χ0n) is 10.5. The highest BCUT2D eigenvalue weighted by Crippen LogP contribution is 2.28. The Bertz CT molecular complexity index is 250. The second-order valence-electron chi connectivity index (χ2n) is 5.72. The normalized spacial score (nSPS) is 34.8. The SMILES string of the molecule is CC1CCC(NCC(=O)NC2CC2)C(C)C1. The molecule has 0 aromatic rings. The molecule has 0 saturated heterocycles. The van der Waals surface area contributed by atoms with E-state index in [-0.39, 0.29) is 5.91 Å². The second kappa shape index (κ2) is 5.17. The van der Waals surface area contributed by atoms with Crippen molar-refractivity contribution in [2.24, 2.45) is 11.8 Å². The van der Waals surface area contributed by atoms with Crippen LogP contribution in [0.5, 0.6) is 0 Å². The highest BCUT2D eigenvalue weighted by atomic mass is 16.2. The van der Waals surface area contributed by atoms with Gasteiger partial charge in [0.25, 0.3) is 0 Å². The first-order valence-electron chi connectivity index (χ1n) is 6.68. The Morgan fingerprint density at radius 2 is 1.94 bits per heavy atom. The molecule has 1 amide bonds. The van der Waals surface area contributed by atoms with Gasteiger partial charge in [0, 0.05) is 12.1 Å². The molecule has 3 atom stereocenters. The van der Waals surface area contributed by atoms with E-state index in [9.17, 15) is 4.79 Å². The van der Waals surface area contributed by atoms with Crippen molar-refractivity contribution in [3.8, 4) is 0 Å². The van der Waals surface area contributed by atoms with E-state index in [2.05, 4.69) is 24.5 Å². The molecule has 0 spiro atoms. The van der Waals surface area contributed by atoms with Crippen molar-refractivity contribution in [3.05, 3.63) is 0 Å². The summed E-state index contributed by atoms with van der Waals surface area (Å²) in [5.41, 5.74) is 0. The first kappa shape index (κ1) is 11.9. The van der Waals surface area contributed by atoms with Gasteiger partial charge in [-0.2, -0.15) is 0 Å². The number of hydrogen-bond acceptors (Lipinski definition) is 2. The van der Waals surface area contributed by atoms with Gasteiger partial charge in [-0.05, 0) is 43.9 Å². The molecule has 2 rings (SSSR count). The Balaban J connectivity index is 1.66. The Kier molecular flexibility index (Phi) is 3.85. The van der Waals surface area contributed by atoms with Gasteiger partial charge in [0.1, 0.15) is 0 Å². The van der Waals surface area contributed by atoms with Gasteiger partial charge < -0.3 is 10.6 Å².